The number of aromatic nitrogens is 2. The molecular formula is C12H11F3N2O2. The second kappa shape index (κ2) is 4.56. The Labute approximate surface area is 106 Å². The number of hydrogen-bond acceptors (Lipinski definition) is 3. The molecule has 0 radical (unpaired) electrons. The first-order valence-corrected chi connectivity index (χ1v) is 5.48. The molecule has 0 amide bonds. The minimum Gasteiger partial charge on any atom is -0.464 e. The van der Waals surface area contributed by atoms with Crippen molar-refractivity contribution in [3.8, 4) is 0 Å². The first-order chi connectivity index (χ1) is 8.86. The lowest BCUT2D eigenvalue weighted by Crippen LogP contribution is -2.24. The van der Waals surface area contributed by atoms with E-state index in [-0.39, 0.29) is 11.2 Å². The molecule has 2 rings (SSSR count). The molecule has 102 valence electrons. The molecule has 1 heterocycles. The van der Waals surface area contributed by atoms with E-state index in [0.29, 0.717) is 5.39 Å². The summed E-state index contributed by atoms with van der Waals surface area (Å²) in [6.45, 7) is 0.987. The van der Waals surface area contributed by atoms with Gasteiger partial charge >= 0.3 is 12.1 Å². The van der Waals surface area contributed by atoms with E-state index >= 15 is 0 Å². The third kappa shape index (κ3) is 2.27. The Morgan fingerprint density at radius 2 is 2.00 bits per heavy atom. The van der Waals surface area contributed by atoms with Crippen LogP contribution in [0.3, 0.4) is 0 Å². The van der Waals surface area contributed by atoms with E-state index in [9.17, 15) is 18.0 Å². The number of ether oxygens (including phenoxy) is 1. The number of benzene rings is 1. The number of nitrogens with zero attached hydrogens (tertiary/aromatic N) is 2. The van der Waals surface area contributed by atoms with Gasteiger partial charge in [0.25, 0.3) is 0 Å². The number of methoxy groups -OCH3 is 1. The van der Waals surface area contributed by atoms with Crippen LogP contribution in [0.25, 0.3) is 10.9 Å². The van der Waals surface area contributed by atoms with E-state index in [1.807, 2.05) is 0 Å². The van der Waals surface area contributed by atoms with Gasteiger partial charge in [-0.1, -0.05) is 18.2 Å². The predicted octanol–water partition coefficient (Wildman–Crippen LogP) is 2.95. The molecule has 0 aliphatic carbocycles. The van der Waals surface area contributed by atoms with Crippen LogP contribution in [-0.2, 0) is 4.74 Å². The van der Waals surface area contributed by atoms with Crippen LogP contribution in [0.4, 0.5) is 13.2 Å². The molecule has 0 saturated heterocycles. The Morgan fingerprint density at radius 1 is 1.37 bits per heavy atom. The van der Waals surface area contributed by atoms with Crippen molar-refractivity contribution in [2.45, 2.75) is 19.1 Å². The quantitative estimate of drug-likeness (QED) is 0.789. The van der Waals surface area contributed by atoms with Crippen molar-refractivity contribution in [2.75, 3.05) is 7.11 Å². The highest BCUT2D eigenvalue weighted by Gasteiger charge is 2.39. The van der Waals surface area contributed by atoms with Gasteiger partial charge in [0, 0.05) is 5.39 Å². The Hall–Kier alpha value is -2.05. The number of esters is 1. The van der Waals surface area contributed by atoms with Crippen molar-refractivity contribution in [1.29, 1.82) is 0 Å². The number of halogens is 3. The van der Waals surface area contributed by atoms with Crippen LogP contribution in [0.1, 0.15) is 23.5 Å². The van der Waals surface area contributed by atoms with Gasteiger partial charge in [0.15, 0.2) is 5.69 Å². The van der Waals surface area contributed by atoms with E-state index in [2.05, 4.69) is 9.84 Å². The largest absolute Gasteiger partial charge is 0.464 e. The average Bonchev–Trinajstić information content (AvgIpc) is 2.75. The molecule has 0 aliphatic rings. The second-order valence-electron chi connectivity index (χ2n) is 4.02. The van der Waals surface area contributed by atoms with Gasteiger partial charge in [-0.15, -0.1) is 0 Å². The topological polar surface area (TPSA) is 44.1 Å². The Kier molecular flexibility index (Phi) is 3.21. The van der Waals surface area contributed by atoms with E-state index in [1.165, 1.54) is 12.1 Å². The Morgan fingerprint density at radius 3 is 2.58 bits per heavy atom. The summed E-state index contributed by atoms with van der Waals surface area (Å²) in [5.41, 5.74) is 0.127. The second-order valence-corrected chi connectivity index (χ2v) is 4.02. The fourth-order valence-electron chi connectivity index (χ4n) is 1.77. The number of carbonyl (C=O) groups is 1. The smallest absolute Gasteiger partial charge is 0.410 e. The predicted molar refractivity (Wildman–Crippen MR) is 61.8 cm³/mol. The summed E-state index contributed by atoms with van der Waals surface area (Å²) in [4.78, 5) is 11.5. The monoisotopic (exact) mass is 272 g/mol. The van der Waals surface area contributed by atoms with Crippen LogP contribution in [0.15, 0.2) is 24.3 Å². The third-order valence-electron chi connectivity index (χ3n) is 2.83. The molecule has 2 aromatic rings. The van der Waals surface area contributed by atoms with Gasteiger partial charge in [-0.25, -0.2) is 4.79 Å². The lowest BCUT2D eigenvalue weighted by Gasteiger charge is -2.16. The average molecular weight is 272 g/mol. The van der Waals surface area contributed by atoms with E-state index < -0.39 is 18.2 Å². The van der Waals surface area contributed by atoms with Crippen LogP contribution >= 0.6 is 0 Å². The summed E-state index contributed by atoms with van der Waals surface area (Å²) >= 11 is 0. The SMILES string of the molecule is COC(=O)c1nn(C(C)C(F)(F)F)c2ccccc12. The van der Waals surface area contributed by atoms with Gasteiger partial charge in [0.05, 0.1) is 12.6 Å². The van der Waals surface area contributed by atoms with Crippen molar-refractivity contribution in [3.63, 3.8) is 0 Å². The molecule has 0 fully saturated rings. The number of hydrogen-bond donors (Lipinski definition) is 0. The van der Waals surface area contributed by atoms with Gasteiger partial charge in [-0.05, 0) is 13.0 Å². The zero-order valence-electron chi connectivity index (χ0n) is 10.2. The van der Waals surface area contributed by atoms with E-state index in [0.717, 1.165) is 18.7 Å². The molecule has 0 spiro atoms. The van der Waals surface area contributed by atoms with Crippen LogP contribution in [0.5, 0.6) is 0 Å². The molecule has 0 saturated carbocycles. The van der Waals surface area contributed by atoms with Crippen molar-refractivity contribution < 1.29 is 22.7 Å². The van der Waals surface area contributed by atoms with Crippen molar-refractivity contribution >= 4 is 16.9 Å². The summed E-state index contributed by atoms with van der Waals surface area (Å²) in [7, 11) is 1.16. The first kappa shape index (κ1) is 13.4. The number of para-hydroxylation sites is 1. The van der Waals surface area contributed by atoms with Gasteiger partial charge in [0.1, 0.15) is 6.04 Å². The maximum absolute atomic E-state index is 12.8. The van der Waals surface area contributed by atoms with Crippen LogP contribution in [0.2, 0.25) is 0 Å². The molecule has 1 aromatic heterocycles. The zero-order chi connectivity index (χ0) is 14.2. The van der Waals surface area contributed by atoms with Gasteiger partial charge in [0.2, 0.25) is 0 Å². The third-order valence-corrected chi connectivity index (χ3v) is 2.83. The summed E-state index contributed by atoms with van der Waals surface area (Å²) in [5, 5.41) is 4.09. The minimum atomic E-state index is -4.44. The molecule has 1 aromatic carbocycles. The number of carbonyl (C=O) groups excluding carboxylic acids is 1. The number of rotatable bonds is 2. The minimum absolute atomic E-state index is 0.116. The fourth-order valence-corrected chi connectivity index (χ4v) is 1.77. The van der Waals surface area contributed by atoms with Crippen LogP contribution in [0, 0.1) is 0 Å². The van der Waals surface area contributed by atoms with E-state index in [4.69, 9.17) is 0 Å². The summed E-state index contributed by atoms with van der Waals surface area (Å²) in [5.74, 6) is -0.760. The molecule has 0 aliphatic heterocycles. The molecule has 7 heteroatoms. The Balaban J connectivity index is 2.66. The van der Waals surface area contributed by atoms with Crippen molar-refractivity contribution in [1.82, 2.24) is 9.78 Å². The van der Waals surface area contributed by atoms with Crippen molar-refractivity contribution in [2.24, 2.45) is 0 Å². The molecule has 4 nitrogen and oxygen atoms in total. The summed E-state index contributed by atoms with van der Waals surface area (Å²) < 4.78 is 43.7. The fraction of sp³-hybridized carbons (Fsp3) is 0.333. The maximum atomic E-state index is 12.8. The molecule has 1 unspecified atom stereocenters. The molecule has 19 heavy (non-hydrogen) atoms. The van der Waals surface area contributed by atoms with Crippen molar-refractivity contribution in [3.05, 3.63) is 30.0 Å². The molecule has 1 atom stereocenters. The highest BCUT2D eigenvalue weighted by Crippen LogP contribution is 2.33. The normalized spacial score (nSPS) is 13.5. The molecule has 0 bridgehead atoms. The molecular weight excluding hydrogens is 261 g/mol. The number of alkyl halides is 3. The highest BCUT2D eigenvalue weighted by molar-refractivity contribution is 6.02. The lowest BCUT2D eigenvalue weighted by atomic mass is 10.2. The molecule has 0 N–H and O–H groups in total. The van der Waals surface area contributed by atoms with Crippen LogP contribution in [-0.4, -0.2) is 29.0 Å². The Bertz CT molecular complexity index is 619. The highest BCUT2D eigenvalue weighted by atomic mass is 19.4. The first-order valence-electron chi connectivity index (χ1n) is 5.48. The van der Waals surface area contributed by atoms with E-state index in [1.54, 1.807) is 12.1 Å². The van der Waals surface area contributed by atoms with Gasteiger partial charge < -0.3 is 4.74 Å². The number of fused-ring (bicyclic) bond motifs is 1. The lowest BCUT2D eigenvalue weighted by molar-refractivity contribution is -0.164. The van der Waals surface area contributed by atoms with Gasteiger partial charge in [-0.2, -0.15) is 18.3 Å². The standard InChI is InChI=1S/C12H11F3N2O2/c1-7(12(13,14)15)17-9-6-4-3-5-8(9)10(16-17)11(18)19-2/h3-7H,1-2H3. The zero-order valence-corrected chi connectivity index (χ0v) is 10.2. The summed E-state index contributed by atoms with van der Waals surface area (Å²) in [6.07, 6.45) is -4.44. The van der Waals surface area contributed by atoms with Crippen LogP contribution < -0.4 is 0 Å². The maximum Gasteiger partial charge on any atom is 0.410 e. The summed E-state index contributed by atoms with van der Waals surface area (Å²) in [6, 6.07) is 4.41. The van der Waals surface area contributed by atoms with Gasteiger partial charge in [-0.3, -0.25) is 4.68 Å².